The summed E-state index contributed by atoms with van der Waals surface area (Å²) in [5, 5.41) is 0. The third kappa shape index (κ3) is 3.11. The first kappa shape index (κ1) is 17.7. The Kier molecular flexibility index (Phi) is 4.39. The topological polar surface area (TPSA) is 32.3 Å². The first-order valence-corrected chi connectivity index (χ1v) is 10.3. The SMILES string of the molecule is CCc1cccc(N2CN(c3cccc(CC)c3)c3nc4ccccc4nc32)c1. The van der Waals surface area contributed by atoms with Gasteiger partial charge in [0, 0.05) is 11.4 Å². The fourth-order valence-electron chi connectivity index (χ4n) is 3.92. The van der Waals surface area contributed by atoms with E-state index in [9.17, 15) is 0 Å². The van der Waals surface area contributed by atoms with Gasteiger partial charge in [0.05, 0.1) is 11.0 Å². The molecule has 144 valence electrons. The van der Waals surface area contributed by atoms with Crippen molar-refractivity contribution in [3.8, 4) is 0 Å². The molecule has 0 saturated heterocycles. The number of hydrogen-bond donors (Lipinski definition) is 0. The first-order valence-electron chi connectivity index (χ1n) is 10.3. The normalized spacial score (nSPS) is 13.2. The summed E-state index contributed by atoms with van der Waals surface area (Å²) in [4.78, 5) is 14.6. The van der Waals surface area contributed by atoms with Gasteiger partial charge in [-0.3, -0.25) is 0 Å². The van der Waals surface area contributed by atoms with Gasteiger partial charge < -0.3 is 9.80 Å². The maximum Gasteiger partial charge on any atom is 0.179 e. The summed E-state index contributed by atoms with van der Waals surface area (Å²) < 4.78 is 0. The molecular weight excluding hydrogens is 356 g/mol. The van der Waals surface area contributed by atoms with Gasteiger partial charge in [0.25, 0.3) is 0 Å². The van der Waals surface area contributed by atoms with Crippen molar-refractivity contribution in [2.45, 2.75) is 26.7 Å². The van der Waals surface area contributed by atoms with Crippen LogP contribution >= 0.6 is 0 Å². The zero-order chi connectivity index (χ0) is 19.8. The van der Waals surface area contributed by atoms with Crippen LogP contribution in [0.15, 0.2) is 72.8 Å². The van der Waals surface area contributed by atoms with Gasteiger partial charge in [0.1, 0.15) is 6.67 Å². The molecular formula is C25H24N4. The molecule has 5 rings (SSSR count). The van der Waals surface area contributed by atoms with E-state index in [0.29, 0.717) is 6.67 Å². The highest BCUT2D eigenvalue weighted by molar-refractivity contribution is 5.88. The monoisotopic (exact) mass is 380 g/mol. The van der Waals surface area contributed by atoms with Crippen LogP contribution in [0.25, 0.3) is 11.0 Å². The van der Waals surface area contributed by atoms with E-state index in [0.717, 1.165) is 46.9 Å². The van der Waals surface area contributed by atoms with E-state index in [1.807, 2.05) is 24.3 Å². The Balaban J connectivity index is 1.68. The molecule has 3 aromatic carbocycles. The summed E-state index contributed by atoms with van der Waals surface area (Å²) >= 11 is 0. The van der Waals surface area contributed by atoms with Crippen LogP contribution in [0.5, 0.6) is 0 Å². The van der Waals surface area contributed by atoms with Crippen LogP contribution < -0.4 is 9.80 Å². The number of aromatic nitrogens is 2. The third-order valence-electron chi connectivity index (χ3n) is 5.59. The molecule has 0 saturated carbocycles. The van der Waals surface area contributed by atoms with Crippen molar-refractivity contribution < 1.29 is 0 Å². The van der Waals surface area contributed by atoms with Crippen LogP contribution in [0, 0.1) is 0 Å². The minimum absolute atomic E-state index is 0.700. The Bertz CT molecular complexity index is 1090. The van der Waals surface area contributed by atoms with Crippen molar-refractivity contribution in [2.75, 3.05) is 16.5 Å². The smallest absolute Gasteiger partial charge is 0.179 e. The molecule has 0 aliphatic carbocycles. The summed E-state index contributed by atoms with van der Waals surface area (Å²) in [7, 11) is 0. The fraction of sp³-hybridized carbons (Fsp3) is 0.200. The number of fused-ring (bicyclic) bond motifs is 2. The van der Waals surface area contributed by atoms with Crippen LogP contribution in [-0.2, 0) is 12.8 Å². The molecule has 4 aromatic rings. The van der Waals surface area contributed by atoms with Gasteiger partial charge in [-0.05, 0) is 60.4 Å². The first-order chi connectivity index (χ1) is 14.3. The van der Waals surface area contributed by atoms with E-state index in [2.05, 4.69) is 72.2 Å². The van der Waals surface area contributed by atoms with Gasteiger partial charge in [-0.25, -0.2) is 9.97 Å². The zero-order valence-electron chi connectivity index (χ0n) is 16.8. The molecule has 4 heteroatoms. The zero-order valence-corrected chi connectivity index (χ0v) is 16.8. The molecule has 0 unspecified atom stereocenters. The van der Waals surface area contributed by atoms with E-state index in [4.69, 9.17) is 9.97 Å². The second kappa shape index (κ2) is 7.21. The van der Waals surface area contributed by atoms with Crippen molar-refractivity contribution in [3.63, 3.8) is 0 Å². The maximum atomic E-state index is 5.01. The molecule has 0 spiro atoms. The van der Waals surface area contributed by atoms with Gasteiger partial charge >= 0.3 is 0 Å². The summed E-state index contributed by atoms with van der Waals surface area (Å²) in [6.07, 6.45) is 2.03. The average Bonchev–Trinajstić information content (AvgIpc) is 3.16. The molecule has 0 fully saturated rings. The number of nitrogens with zero attached hydrogens (tertiary/aromatic N) is 4. The Labute approximate surface area is 171 Å². The van der Waals surface area contributed by atoms with E-state index in [1.165, 1.54) is 11.1 Å². The van der Waals surface area contributed by atoms with Crippen molar-refractivity contribution in [1.82, 2.24) is 9.97 Å². The highest BCUT2D eigenvalue weighted by Crippen LogP contribution is 2.42. The molecule has 1 aliphatic rings. The molecule has 1 aromatic heterocycles. The molecule has 0 bridgehead atoms. The van der Waals surface area contributed by atoms with E-state index in [1.54, 1.807) is 0 Å². The van der Waals surface area contributed by atoms with Crippen molar-refractivity contribution >= 4 is 34.0 Å². The fourth-order valence-corrected chi connectivity index (χ4v) is 3.92. The predicted molar refractivity (Wildman–Crippen MR) is 120 cm³/mol. The number of aryl methyl sites for hydroxylation is 2. The largest absolute Gasteiger partial charge is 0.305 e. The maximum absolute atomic E-state index is 5.01. The minimum Gasteiger partial charge on any atom is -0.305 e. The molecule has 1 aliphatic heterocycles. The second-order valence-electron chi connectivity index (χ2n) is 7.40. The molecule has 0 amide bonds. The molecule has 0 radical (unpaired) electrons. The summed E-state index contributed by atoms with van der Waals surface area (Å²) in [5.74, 6) is 1.83. The highest BCUT2D eigenvalue weighted by atomic mass is 15.4. The highest BCUT2D eigenvalue weighted by Gasteiger charge is 2.31. The van der Waals surface area contributed by atoms with Gasteiger partial charge in [-0.2, -0.15) is 0 Å². The lowest BCUT2D eigenvalue weighted by Crippen LogP contribution is -2.24. The van der Waals surface area contributed by atoms with Crippen LogP contribution in [0.3, 0.4) is 0 Å². The Morgan fingerprint density at radius 2 is 1.14 bits per heavy atom. The molecule has 29 heavy (non-hydrogen) atoms. The summed E-state index contributed by atoms with van der Waals surface area (Å²) in [5.41, 5.74) is 6.81. The summed E-state index contributed by atoms with van der Waals surface area (Å²) in [6, 6.07) is 25.5. The minimum atomic E-state index is 0.700. The Morgan fingerprint density at radius 1 is 0.655 bits per heavy atom. The standard InChI is InChI=1S/C25H24N4/c1-3-18-9-7-11-20(15-18)28-17-29(21-12-8-10-19(4-2)16-21)25-24(28)26-22-13-5-6-14-23(22)27-25/h5-16H,3-4,17H2,1-2H3. The lowest BCUT2D eigenvalue weighted by atomic mass is 10.1. The van der Waals surface area contributed by atoms with Gasteiger partial charge in [0.15, 0.2) is 11.6 Å². The number of para-hydroxylation sites is 2. The van der Waals surface area contributed by atoms with Gasteiger partial charge in [0.2, 0.25) is 0 Å². The molecule has 0 N–H and O–H groups in total. The average molecular weight is 380 g/mol. The Hall–Kier alpha value is -3.40. The van der Waals surface area contributed by atoms with Crippen molar-refractivity contribution in [3.05, 3.63) is 83.9 Å². The number of hydrogen-bond acceptors (Lipinski definition) is 4. The van der Waals surface area contributed by atoms with Crippen LogP contribution in [0.1, 0.15) is 25.0 Å². The van der Waals surface area contributed by atoms with Crippen LogP contribution in [0.2, 0.25) is 0 Å². The lowest BCUT2D eigenvalue weighted by Gasteiger charge is -2.21. The van der Waals surface area contributed by atoms with Crippen molar-refractivity contribution in [1.29, 1.82) is 0 Å². The van der Waals surface area contributed by atoms with Crippen LogP contribution in [-0.4, -0.2) is 16.6 Å². The van der Waals surface area contributed by atoms with E-state index < -0.39 is 0 Å². The number of benzene rings is 3. The van der Waals surface area contributed by atoms with E-state index in [-0.39, 0.29) is 0 Å². The van der Waals surface area contributed by atoms with E-state index >= 15 is 0 Å². The number of anilines is 4. The third-order valence-corrected chi connectivity index (χ3v) is 5.59. The molecule has 2 heterocycles. The predicted octanol–water partition coefficient (Wildman–Crippen LogP) is 6.00. The Morgan fingerprint density at radius 3 is 1.59 bits per heavy atom. The lowest BCUT2D eigenvalue weighted by molar-refractivity contribution is 0.971. The summed E-state index contributed by atoms with van der Waals surface area (Å²) in [6.45, 7) is 5.08. The van der Waals surface area contributed by atoms with Crippen molar-refractivity contribution in [2.24, 2.45) is 0 Å². The number of rotatable bonds is 4. The van der Waals surface area contributed by atoms with Gasteiger partial charge in [-0.15, -0.1) is 0 Å². The second-order valence-corrected chi connectivity index (χ2v) is 7.40. The molecule has 0 atom stereocenters. The van der Waals surface area contributed by atoms with Crippen LogP contribution in [0.4, 0.5) is 23.0 Å². The van der Waals surface area contributed by atoms with Gasteiger partial charge in [-0.1, -0.05) is 50.2 Å². The quantitative estimate of drug-likeness (QED) is 0.434. The molecule has 4 nitrogen and oxygen atoms in total.